The van der Waals surface area contributed by atoms with Crippen LogP contribution in [0.3, 0.4) is 0 Å². The van der Waals surface area contributed by atoms with Gasteiger partial charge in [-0.25, -0.2) is 0 Å². The number of aryl methyl sites for hydroxylation is 1. The molecule has 0 aliphatic rings. The number of nitrogens with one attached hydrogen (secondary N) is 2. The van der Waals surface area contributed by atoms with E-state index in [0.29, 0.717) is 18.0 Å². The highest BCUT2D eigenvalue weighted by Crippen LogP contribution is 2.26. The van der Waals surface area contributed by atoms with Gasteiger partial charge in [-0.15, -0.1) is 11.8 Å². The van der Waals surface area contributed by atoms with Gasteiger partial charge in [-0.1, -0.05) is 23.7 Å². The van der Waals surface area contributed by atoms with Crippen molar-refractivity contribution in [1.29, 1.82) is 0 Å². The molecule has 0 aliphatic carbocycles. The molecule has 1 amide bonds. The highest BCUT2D eigenvalue weighted by atomic mass is 35.5. The number of carbonyl (C=O) groups is 1. The molecular weight excluding hydrogens is 282 g/mol. The number of hydrogen-bond donors (Lipinski definition) is 2. The number of benzene rings is 1. The third kappa shape index (κ3) is 4.01. The SMILES string of the molecule is Cc1cn[nH]c1NC(=O)CCSc1ccccc1Cl. The van der Waals surface area contributed by atoms with Gasteiger partial charge in [0.1, 0.15) is 5.82 Å². The van der Waals surface area contributed by atoms with Gasteiger partial charge in [0.25, 0.3) is 0 Å². The number of amides is 1. The summed E-state index contributed by atoms with van der Waals surface area (Å²) in [5, 5.41) is 10.1. The van der Waals surface area contributed by atoms with E-state index in [1.54, 1.807) is 18.0 Å². The molecule has 6 heteroatoms. The maximum Gasteiger partial charge on any atom is 0.226 e. The lowest BCUT2D eigenvalue weighted by Gasteiger charge is -2.05. The quantitative estimate of drug-likeness (QED) is 0.830. The number of anilines is 1. The number of rotatable bonds is 5. The molecule has 0 unspecified atom stereocenters. The number of H-pyrrole nitrogens is 1. The average Bonchev–Trinajstić information content (AvgIpc) is 2.77. The van der Waals surface area contributed by atoms with Gasteiger partial charge in [-0.2, -0.15) is 5.10 Å². The molecular formula is C13H14ClN3OS. The van der Waals surface area contributed by atoms with Gasteiger partial charge in [-0.05, 0) is 19.1 Å². The van der Waals surface area contributed by atoms with Crippen LogP contribution in [0.2, 0.25) is 5.02 Å². The zero-order valence-electron chi connectivity index (χ0n) is 10.4. The summed E-state index contributed by atoms with van der Waals surface area (Å²) in [6.07, 6.45) is 2.10. The molecule has 0 spiro atoms. The fraction of sp³-hybridized carbons (Fsp3) is 0.231. The average molecular weight is 296 g/mol. The minimum absolute atomic E-state index is 0.0353. The monoisotopic (exact) mass is 295 g/mol. The predicted octanol–water partition coefficient (Wildman–Crippen LogP) is 3.49. The first-order valence-electron chi connectivity index (χ1n) is 5.84. The van der Waals surface area contributed by atoms with Crippen LogP contribution in [0.1, 0.15) is 12.0 Å². The molecule has 0 saturated carbocycles. The Kier molecular flexibility index (Phi) is 4.87. The van der Waals surface area contributed by atoms with Gasteiger partial charge < -0.3 is 5.32 Å². The summed E-state index contributed by atoms with van der Waals surface area (Å²) in [5.41, 5.74) is 0.923. The van der Waals surface area contributed by atoms with E-state index in [-0.39, 0.29) is 5.91 Å². The smallest absolute Gasteiger partial charge is 0.226 e. The number of carbonyl (C=O) groups excluding carboxylic acids is 1. The van der Waals surface area contributed by atoms with E-state index in [1.807, 2.05) is 31.2 Å². The first kappa shape index (κ1) is 14.0. The maximum absolute atomic E-state index is 11.7. The summed E-state index contributed by atoms with van der Waals surface area (Å²) >= 11 is 7.61. The summed E-state index contributed by atoms with van der Waals surface area (Å²) in [6.45, 7) is 1.89. The molecule has 19 heavy (non-hydrogen) atoms. The summed E-state index contributed by atoms with van der Waals surface area (Å²) in [7, 11) is 0. The molecule has 1 heterocycles. The standard InChI is InChI=1S/C13H14ClN3OS/c1-9-8-15-17-13(9)16-12(18)6-7-19-11-5-3-2-4-10(11)14/h2-5,8H,6-7H2,1H3,(H2,15,16,17,18). The Bertz CT molecular complexity index is 571. The van der Waals surface area contributed by atoms with Crippen LogP contribution in [0.15, 0.2) is 35.4 Å². The van der Waals surface area contributed by atoms with Crippen LogP contribution in [0, 0.1) is 6.92 Å². The van der Waals surface area contributed by atoms with E-state index in [9.17, 15) is 4.79 Å². The zero-order valence-corrected chi connectivity index (χ0v) is 12.0. The molecule has 0 fully saturated rings. The Morgan fingerprint density at radius 1 is 1.47 bits per heavy atom. The van der Waals surface area contributed by atoms with Crippen molar-refractivity contribution in [2.45, 2.75) is 18.2 Å². The Morgan fingerprint density at radius 3 is 2.95 bits per heavy atom. The molecule has 2 N–H and O–H groups in total. The van der Waals surface area contributed by atoms with Gasteiger partial charge in [0, 0.05) is 22.6 Å². The van der Waals surface area contributed by atoms with E-state index in [1.165, 1.54) is 0 Å². The number of aromatic nitrogens is 2. The predicted molar refractivity (Wildman–Crippen MR) is 78.7 cm³/mol. The summed E-state index contributed by atoms with van der Waals surface area (Å²) < 4.78 is 0. The number of thioether (sulfide) groups is 1. The van der Waals surface area contributed by atoms with Gasteiger partial charge in [0.15, 0.2) is 0 Å². The molecule has 4 nitrogen and oxygen atoms in total. The van der Waals surface area contributed by atoms with E-state index >= 15 is 0 Å². The van der Waals surface area contributed by atoms with Crippen molar-refractivity contribution in [2.24, 2.45) is 0 Å². The molecule has 2 rings (SSSR count). The number of nitrogens with zero attached hydrogens (tertiary/aromatic N) is 1. The van der Waals surface area contributed by atoms with E-state index < -0.39 is 0 Å². The maximum atomic E-state index is 11.7. The molecule has 100 valence electrons. The van der Waals surface area contributed by atoms with Crippen molar-refractivity contribution in [3.63, 3.8) is 0 Å². The molecule has 1 aromatic heterocycles. The number of hydrogen-bond acceptors (Lipinski definition) is 3. The van der Waals surface area contributed by atoms with Crippen LogP contribution in [0.25, 0.3) is 0 Å². The zero-order chi connectivity index (χ0) is 13.7. The second-order valence-corrected chi connectivity index (χ2v) is 5.55. The second kappa shape index (κ2) is 6.63. The lowest BCUT2D eigenvalue weighted by molar-refractivity contribution is -0.115. The lowest BCUT2D eigenvalue weighted by Crippen LogP contribution is -2.13. The van der Waals surface area contributed by atoms with Crippen molar-refractivity contribution in [3.8, 4) is 0 Å². The molecule has 0 bridgehead atoms. The molecule has 0 aliphatic heterocycles. The molecule has 1 aromatic carbocycles. The van der Waals surface area contributed by atoms with Crippen molar-refractivity contribution < 1.29 is 4.79 Å². The highest BCUT2D eigenvalue weighted by molar-refractivity contribution is 7.99. The van der Waals surface area contributed by atoms with Gasteiger partial charge in [-0.3, -0.25) is 9.89 Å². The number of aromatic amines is 1. The van der Waals surface area contributed by atoms with Crippen LogP contribution >= 0.6 is 23.4 Å². The first-order chi connectivity index (χ1) is 9.16. The molecule has 0 atom stereocenters. The highest BCUT2D eigenvalue weighted by Gasteiger charge is 2.07. The van der Waals surface area contributed by atoms with Gasteiger partial charge >= 0.3 is 0 Å². The van der Waals surface area contributed by atoms with Crippen molar-refractivity contribution >= 4 is 35.1 Å². The topological polar surface area (TPSA) is 57.8 Å². The summed E-state index contributed by atoms with van der Waals surface area (Å²) in [4.78, 5) is 12.7. The van der Waals surface area contributed by atoms with Crippen LogP contribution < -0.4 is 5.32 Å². The Hall–Kier alpha value is -1.46. The van der Waals surface area contributed by atoms with Crippen LogP contribution in [-0.2, 0) is 4.79 Å². The third-order valence-electron chi connectivity index (χ3n) is 2.52. The van der Waals surface area contributed by atoms with Gasteiger partial charge in [0.05, 0.1) is 11.2 Å². The van der Waals surface area contributed by atoms with Crippen molar-refractivity contribution in [1.82, 2.24) is 10.2 Å². The van der Waals surface area contributed by atoms with Gasteiger partial charge in [0.2, 0.25) is 5.91 Å². The largest absolute Gasteiger partial charge is 0.311 e. The van der Waals surface area contributed by atoms with Crippen LogP contribution in [0.4, 0.5) is 5.82 Å². The number of halogens is 1. The van der Waals surface area contributed by atoms with Crippen molar-refractivity contribution in [3.05, 3.63) is 41.0 Å². The first-order valence-corrected chi connectivity index (χ1v) is 7.20. The van der Waals surface area contributed by atoms with Crippen molar-refractivity contribution in [2.75, 3.05) is 11.1 Å². The fourth-order valence-corrected chi connectivity index (χ4v) is 2.68. The van der Waals surface area contributed by atoms with Crippen LogP contribution in [0.5, 0.6) is 0 Å². The van der Waals surface area contributed by atoms with Crippen LogP contribution in [-0.4, -0.2) is 21.9 Å². The Balaban J connectivity index is 1.79. The fourth-order valence-electron chi connectivity index (χ4n) is 1.49. The summed E-state index contributed by atoms with van der Waals surface area (Å²) in [6, 6.07) is 7.62. The Labute approximate surface area is 120 Å². The Morgan fingerprint density at radius 2 is 2.26 bits per heavy atom. The minimum Gasteiger partial charge on any atom is -0.311 e. The normalized spacial score (nSPS) is 10.4. The minimum atomic E-state index is -0.0353. The van der Waals surface area contributed by atoms with E-state index in [2.05, 4.69) is 15.5 Å². The summed E-state index contributed by atoms with van der Waals surface area (Å²) in [5.74, 6) is 1.31. The van der Waals surface area contributed by atoms with E-state index in [0.717, 1.165) is 15.5 Å². The molecule has 2 aromatic rings. The second-order valence-electron chi connectivity index (χ2n) is 4.01. The van der Waals surface area contributed by atoms with E-state index in [4.69, 9.17) is 11.6 Å². The third-order valence-corrected chi connectivity index (χ3v) is 4.03. The molecule has 0 saturated heterocycles. The lowest BCUT2D eigenvalue weighted by atomic mass is 10.3. The molecule has 0 radical (unpaired) electrons.